The Balaban J connectivity index is 1.39. The van der Waals surface area contributed by atoms with E-state index >= 15 is 0 Å². The van der Waals surface area contributed by atoms with Crippen molar-refractivity contribution in [2.24, 2.45) is 0 Å². The van der Waals surface area contributed by atoms with Gasteiger partial charge in [0.05, 0.1) is 0 Å². The Hall–Kier alpha value is -6.78. The first-order valence-electron chi connectivity index (χ1n) is 17.2. The van der Waals surface area contributed by atoms with Crippen LogP contribution >= 0.6 is 0 Å². The maximum Gasteiger partial charge on any atom is 0.193 e. The van der Waals surface area contributed by atoms with Crippen molar-refractivity contribution in [2.45, 2.75) is 13.8 Å². The van der Waals surface area contributed by atoms with Crippen LogP contribution in [-0.4, -0.2) is 0 Å². The van der Waals surface area contributed by atoms with E-state index in [-0.39, 0.29) is 10.9 Å². The molecule has 12 aromatic rings. The van der Waals surface area contributed by atoms with E-state index in [0.29, 0.717) is 43.9 Å². The molecule has 12 rings (SSSR count). The second-order valence-corrected chi connectivity index (χ2v) is 13.0. The molecule has 0 amide bonds. The topological polar surface area (TPSA) is 60.4 Å². The van der Waals surface area contributed by atoms with Crippen LogP contribution in [0.2, 0.25) is 0 Å². The smallest absolute Gasteiger partial charge is 0.193 e. The highest BCUT2D eigenvalue weighted by Gasteiger charge is 2.02. The van der Waals surface area contributed by atoms with Crippen molar-refractivity contribution in [1.29, 1.82) is 0 Å². The van der Waals surface area contributed by atoms with Gasteiger partial charge in [-0.3, -0.25) is 9.59 Å². The Kier molecular flexibility index (Phi) is 8.64. The summed E-state index contributed by atoms with van der Waals surface area (Å²) in [4.78, 5) is 27.2. The molecule has 0 unspecified atom stereocenters. The number of rotatable bonds is 0. The molecule has 4 nitrogen and oxygen atoms in total. The number of fused-ring (bicyclic) bond motifs is 1. The molecule has 5 heterocycles. The van der Waals surface area contributed by atoms with Gasteiger partial charge in [-0.2, -0.15) is 0 Å². The number of benzene rings is 7. The molecule has 4 heteroatoms. The van der Waals surface area contributed by atoms with Crippen molar-refractivity contribution >= 4 is 76.2 Å². The fourth-order valence-corrected chi connectivity index (χ4v) is 6.51. The van der Waals surface area contributed by atoms with Crippen molar-refractivity contribution in [1.82, 2.24) is 0 Å². The molecule has 0 fully saturated rings. The second kappa shape index (κ2) is 13.9. The molecule has 0 aliphatic rings. The average molecular weight is 675 g/mol. The summed E-state index contributed by atoms with van der Waals surface area (Å²) in [5.74, 6) is 0. The molecule has 14 bridgehead atoms. The van der Waals surface area contributed by atoms with Crippen molar-refractivity contribution < 1.29 is 8.83 Å². The van der Waals surface area contributed by atoms with Gasteiger partial charge in [0, 0.05) is 21.5 Å². The average Bonchev–Trinajstić information content (AvgIpc) is 3.20. The van der Waals surface area contributed by atoms with Gasteiger partial charge in [-0.25, -0.2) is 0 Å². The fraction of sp³-hybridized carbons (Fsp3) is 0.0417. The summed E-state index contributed by atoms with van der Waals surface area (Å²) in [7, 11) is 0. The van der Waals surface area contributed by atoms with Crippen LogP contribution in [0.15, 0.2) is 188 Å². The van der Waals surface area contributed by atoms with Gasteiger partial charge in [-0.15, -0.1) is 0 Å². The van der Waals surface area contributed by atoms with Gasteiger partial charge in [0.2, 0.25) is 0 Å². The van der Waals surface area contributed by atoms with Crippen molar-refractivity contribution in [3.63, 3.8) is 0 Å². The lowest BCUT2D eigenvalue weighted by molar-refractivity contribution is 0.655. The molecule has 0 N–H and O–H groups in total. The maximum absolute atomic E-state index is 13.6. The third-order valence-electron chi connectivity index (χ3n) is 9.60. The van der Waals surface area contributed by atoms with E-state index in [1.54, 1.807) is 24.3 Å². The minimum Gasteiger partial charge on any atom is -0.457 e. The SMILES string of the molecule is Cc1c(C)c2cccc(c2)c(=O)c2ccc(cc2)oc2cccc(c2)c2ccc(cc2)c2cccc(c2)oc2ccc(cc2)c(=O)c2cccc1c2. The molecular formula is C48H34O4. The molecular weight excluding hydrogens is 641 g/mol. The van der Waals surface area contributed by atoms with Gasteiger partial charge in [0.25, 0.3) is 0 Å². The van der Waals surface area contributed by atoms with Crippen LogP contribution in [0.1, 0.15) is 11.1 Å². The minimum absolute atomic E-state index is 0.0697. The van der Waals surface area contributed by atoms with Gasteiger partial charge >= 0.3 is 0 Å². The van der Waals surface area contributed by atoms with Gasteiger partial charge in [0.15, 0.2) is 10.9 Å². The third kappa shape index (κ3) is 6.70. The third-order valence-corrected chi connectivity index (χ3v) is 9.60. The molecule has 0 saturated heterocycles. The summed E-state index contributed by atoms with van der Waals surface area (Å²) in [6.07, 6.45) is 0. The molecule has 52 heavy (non-hydrogen) atoms. The lowest BCUT2D eigenvalue weighted by atomic mass is 10.0. The molecule has 0 saturated carbocycles. The summed E-state index contributed by atoms with van der Waals surface area (Å²) in [6, 6.07) is 54.2. The monoisotopic (exact) mass is 674 g/mol. The number of hydrogen-bond donors (Lipinski definition) is 0. The highest BCUT2D eigenvalue weighted by molar-refractivity contribution is 5.90. The van der Waals surface area contributed by atoms with E-state index < -0.39 is 0 Å². The standard InChI is InChI=1S/C48H34O4/c1-31-32(2)38-8-4-12-42(28-38)48(50)36-21-25-44(26-22-36)52-46-14-6-10-40(30-46)34-17-15-33(16-18-34)39-9-5-13-45(29-39)51-43-23-19-35(20-24-43)47(49)41-11-3-7-37(31)27-41/h3-30H,1-2H3. The van der Waals surface area contributed by atoms with Gasteiger partial charge in [-0.1, -0.05) is 84.9 Å². The Morgan fingerprint density at radius 2 is 0.615 bits per heavy atom. The molecule has 5 aromatic heterocycles. The summed E-state index contributed by atoms with van der Waals surface area (Å²) in [5.41, 5.74) is 4.60. The normalized spacial score (nSPS) is 11.0. The molecule has 0 radical (unpaired) electrons. The van der Waals surface area contributed by atoms with E-state index in [1.807, 2.05) is 123 Å². The zero-order valence-electron chi connectivity index (χ0n) is 28.8. The lowest BCUT2D eigenvalue weighted by Crippen LogP contribution is -1.98. The first-order chi connectivity index (χ1) is 25.4. The number of aryl methyl sites for hydroxylation is 2. The quantitative estimate of drug-likeness (QED) is 0.161. The molecule has 0 atom stereocenters. The predicted molar refractivity (Wildman–Crippen MR) is 217 cm³/mol. The van der Waals surface area contributed by atoms with E-state index in [2.05, 4.69) is 36.4 Å². The second-order valence-electron chi connectivity index (χ2n) is 13.0. The van der Waals surface area contributed by atoms with Crippen molar-refractivity contribution in [2.75, 3.05) is 0 Å². The van der Waals surface area contributed by atoms with Gasteiger partial charge < -0.3 is 8.83 Å². The number of hydrogen-bond acceptors (Lipinski definition) is 4. The summed E-state index contributed by atoms with van der Waals surface area (Å²) in [5, 5.41) is 8.41. The van der Waals surface area contributed by atoms with E-state index in [9.17, 15) is 9.59 Å². The molecule has 0 aliphatic heterocycles. The van der Waals surface area contributed by atoms with Crippen LogP contribution in [-0.2, 0) is 0 Å². The zero-order valence-corrected chi connectivity index (χ0v) is 28.8. The highest BCUT2D eigenvalue weighted by atomic mass is 16.3. The molecule has 0 spiro atoms. The van der Waals surface area contributed by atoms with Gasteiger partial charge in [0.1, 0.15) is 22.3 Å². The van der Waals surface area contributed by atoms with Crippen LogP contribution in [0.25, 0.3) is 76.2 Å². The maximum atomic E-state index is 13.6. The van der Waals surface area contributed by atoms with E-state index in [0.717, 1.165) is 43.4 Å². The minimum atomic E-state index is -0.0697. The Labute approximate surface area is 299 Å². The highest BCUT2D eigenvalue weighted by Crippen LogP contribution is 2.21. The first-order valence-corrected chi connectivity index (χ1v) is 17.2. The van der Waals surface area contributed by atoms with Crippen LogP contribution in [0.5, 0.6) is 0 Å². The summed E-state index contributed by atoms with van der Waals surface area (Å²) in [6.45, 7) is 4.08. The Bertz CT molecular complexity index is 2830. The molecule has 0 aliphatic carbocycles. The van der Waals surface area contributed by atoms with Crippen LogP contribution in [0.4, 0.5) is 0 Å². The van der Waals surface area contributed by atoms with Crippen molar-refractivity contribution in [3.05, 3.63) is 201 Å². The Morgan fingerprint density at radius 1 is 0.288 bits per heavy atom. The molecule has 250 valence electrons. The van der Waals surface area contributed by atoms with E-state index in [4.69, 9.17) is 8.83 Å². The predicted octanol–water partition coefficient (Wildman–Crippen LogP) is 12.2. The largest absolute Gasteiger partial charge is 0.457 e. The zero-order chi connectivity index (χ0) is 35.6. The van der Waals surface area contributed by atoms with Crippen LogP contribution in [0.3, 0.4) is 0 Å². The summed E-state index contributed by atoms with van der Waals surface area (Å²) < 4.78 is 12.4. The Morgan fingerprint density at radius 3 is 1.02 bits per heavy atom. The first kappa shape index (κ1) is 32.4. The fourth-order valence-electron chi connectivity index (χ4n) is 6.51. The lowest BCUT2D eigenvalue weighted by Gasteiger charge is -2.02. The summed E-state index contributed by atoms with van der Waals surface area (Å²) >= 11 is 0. The molecule has 7 aromatic carbocycles. The van der Waals surface area contributed by atoms with Crippen LogP contribution in [0, 0.1) is 13.8 Å². The van der Waals surface area contributed by atoms with Gasteiger partial charge in [-0.05, 0) is 142 Å². The van der Waals surface area contributed by atoms with E-state index in [1.165, 1.54) is 0 Å². The van der Waals surface area contributed by atoms with Crippen LogP contribution < -0.4 is 10.9 Å². The van der Waals surface area contributed by atoms with Crippen molar-refractivity contribution in [3.8, 4) is 0 Å².